The van der Waals surface area contributed by atoms with Crippen molar-refractivity contribution in [1.82, 2.24) is 5.32 Å². The van der Waals surface area contributed by atoms with E-state index in [0.717, 1.165) is 25.7 Å². The first-order valence-corrected chi connectivity index (χ1v) is 10.5. The van der Waals surface area contributed by atoms with E-state index in [1.807, 2.05) is 0 Å². The quantitative estimate of drug-likeness (QED) is 0.595. The largest absolute Gasteiger partial charge is 0.490 e. The molecule has 0 aromatic heterocycles. The average molecular weight is 413 g/mol. The molecule has 4 aliphatic rings. The predicted octanol–water partition coefficient (Wildman–Crippen LogP) is 1.80. The summed E-state index contributed by atoms with van der Waals surface area (Å²) >= 11 is 0. The van der Waals surface area contributed by atoms with Crippen LogP contribution < -0.4 is 10.1 Å². The van der Waals surface area contributed by atoms with E-state index < -0.39 is 23.5 Å². The molecular formula is C22H23NO7. The Bertz CT molecular complexity index is 923. The van der Waals surface area contributed by atoms with Crippen LogP contribution in [-0.2, 0) is 19.1 Å². The molecule has 0 radical (unpaired) electrons. The van der Waals surface area contributed by atoms with E-state index in [1.165, 1.54) is 0 Å². The summed E-state index contributed by atoms with van der Waals surface area (Å²) in [6.07, 6.45) is 3.41. The third kappa shape index (κ3) is 3.24. The Kier molecular flexibility index (Phi) is 4.71. The van der Waals surface area contributed by atoms with Crippen LogP contribution in [0.1, 0.15) is 59.2 Å². The molecule has 2 unspecified atom stereocenters. The Morgan fingerprint density at radius 3 is 2.33 bits per heavy atom. The molecule has 1 aromatic rings. The third-order valence-corrected chi connectivity index (χ3v) is 6.58. The zero-order chi connectivity index (χ0) is 20.9. The molecule has 30 heavy (non-hydrogen) atoms. The summed E-state index contributed by atoms with van der Waals surface area (Å²) in [5.41, 5.74) is 0.611. The monoisotopic (exact) mass is 413 g/mol. The number of imide groups is 1. The summed E-state index contributed by atoms with van der Waals surface area (Å²) in [5.74, 6) is -3.44. The number of fused-ring (bicyclic) bond motifs is 1. The van der Waals surface area contributed by atoms with Gasteiger partial charge in [0.15, 0.2) is 17.4 Å². The molecule has 1 saturated carbocycles. The molecule has 2 aliphatic carbocycles. The first-order valence-electron chi connectivity index (χ1n) is 10.5. The molecule has 0 bridgehead atoms. The van der Waals surface area contributed by atoms with E-state index in [2.05, 4.69) is 5.32 Å². The molecule has 2 saturated heterocycles. The van der Waals surface area contributed by atoms with Crippen molar-refractivity contribution in [1.29, 1.82) is 0 Å². The molecule has 1 aromatic carbocycles. The predicted molar refractivity (Wildman–Crippen MR) is 102 cm³/mol. The topological polar surface area (TPSA) is 108 Å². The van der Waals surface area contributed by atoms with Crippen LogP contribution in [0.15, 0.2) is 18.2 Å². The molecule has 1 spiro atoms. The van der Waals surface area contributed by atoms with Crippen molar-refractivity contribution in [3.63, 3.8) is 0 Å². The van der Waals surface area contributed by atoms with E-state index in [-0.39, 0.29) is 36.4 Å². The number of carbonyl (C=O) groups is 4. The number of Topliss-reactive ketones (excluding diaryl/α,β-unsaturated/α-hetero) is 2. The van der Waals surface area contributed by atoms with Gasteiger partial charge in [0, 0.05) is 30.4 Å². The van der Waals surface area contributed by atoms with Gasteiger partial charge in [-0.15, -0.1) is 0 Å². The Hall–Kier alpha value is -2.58. The van der Waals surface area contributed by atoms with Gasteiger partial charge in [-0.2, -0.15) is 0 Å². The van der Waals surface area contributed by atoms with Crippen molar-refractivity contribution in [2.24, 2.45) is 11.8 Å². The highest BCUT2D eigenvalue weighted by atomic mass is 16.7. The van der Waals surface area contributed by atoms with Crippen LogP contribution in [0, 0.1) is 11.8 Å². The van der Waals surface area contributed by atoms with E-state index in [4.69, 9.17) is 14.2 Å². The zero-order valence-electron chi connectivity index (χ0n) is 16.5. The second-order valence-electron chi connectivity index (χ2n) is 8.40. The lowest BCUT2D eigenvalue weighted by Gasteiger charge is -2.35. The lowest BCUT2D eigenvalue weighted by atomic mass is 9.82. The normalized spacial score (nSPS) is 28.7. The standard InChI is InChI=1S/C22H23NO7/c24-17-4-3-15(21(27)23-17)18-19(25)14-2-1-13(11-16(14)20(18)26)30-12-5-7-22(8-6-12)28-9-10-29-22/h1-2,11-12,15,18H,3-10H2,(H,23,24,27). The van der Waals surface area contributed by atoms with Gasteiger partial charge in [-0.3, -0.25) is 24.5 Å². The highest BCUT2D eigenvalue weighted by molar-refractivity contribution is 6.28. The van der Waals surface area contributed by atoms with Crippen LogP contribution in [0.4, 0.5) is 0 Å². The number of amides is 2. The molecule has 2 atom stereocenters. The van der Waals surface area contributed by atoms with Crippen molar-refractivity contribution in [2.45, 2.75) is 50.4 Å². The van der Waals surface area contributed by atoms with Crippen LogP contribution >= 0.6 is 0 Å². The Balaban J connectivity index is 1.29. The molecule has 2 aliphatic heterocycles. The number of benzene rings is 1. The van der Waals surface area contributed by atoms with Gasteiger partial charge in [0.2, 0.25) is 11.8 Å². The Labute approximate surface area is 173 Å². The average Bonchev–Trinajstić information content (AvgIpc) is 3.28. The number of nitrogens with one attached hydrogen (secondary N) is 1. The number of hydrogen-bond donors (Lipinski definition) is 1. The van der Waals surface area contributed by atoms with Crippen molar-refractivity contribution in [3.05, 3.63) is 29.3 Å². The summed E-state index contributed by atoms with van der Waals surface area (Å²) in [7, 11) is 0. The fourth-order valence-electron chi connectivity index (χ4n) is 4.99. The lowest BCUT2D eigenvalue weighted by molar-refractivity contribution is -0.186. The van der Waals surface area contributed by atoms with Crippen LogP contribution in [0.2, 0.25) is 0 Å². The Morgan fingerprint density at radius 2 is 1.63 bits per heavy atom. The highest BCUT2D eigenvalue weighted by Crippen LogP contribution is 2.39. The van der Waals surface area contributed by atoms with E-state index in [9.17, 15) is 19.2 Å². The third-order valence-electron chi connectivity index (χ3n) is 6.58. The number of piperidine rings is 1. The first-order chi connectivity index (χ1) is 14.5. The van der Waals surface area contributed by atoms with Crippen LogP contribution in [-0.4, -0.2) is 48.5 Å². The molecule has 158 valence electrons. The first kappa shape index (κ1) is 19.4. The number of hydrogen-bond acceptors (Lipinski definition) is 7. The SMILES string of the molecule is O=C1CCC(C2C(=O)c3ccc(OC4CCC5(CC4)OCCO5)cc3C2=O)C(=O)N1. The van der Waals surface area contributed by atoms with Crippen LogP contribution in [0.3, 0.4) is 0 Å². The maximum absolute atomic E-state index is 13.0. The summed E-state index contributed by atoms with van der Waals surface area (Å²) < 4.78 is 17.6. The van der Waals surface area contributed by atoms with Crippen LogP contribution in [0.25, 0.3) is 0 Å². The van der Waals surface area contributed by atoms with Gasteiger partial charge < -0.3 is 14.2 Å². The highest BCUT2D eigenvalue weighted by Gasteiger charge is 2.48. The second kappa shape index (κ2) is 7.28. The fraction of sp³-hybridized carbons (Fsp3) is 0.545. The van der Waals surface area contributed by atoms with Crippen molar-refractivity contribution < 1.29 is 33.4 Å². The number of carbonyl (C=O) groups excluding carboxylic acids is 4. The van der Waals surface area contributed by atoms with Gasteiger partial charge in [-0.05, 0) is 37.5 Å². The summed E-state index contributed by atoms with van der Waals surface area (Å²) in [5, 5.41) is 2.23. The zero-order valence-corrected chi connectivity index (χ0v) is 16.5. The number of ketones is 2. The smallest absolute Gasteiger partial charge is 0.230 e. The molecule has 5 rings (SSSR count). The summed E-state index contributed by atoms with van der Waals surface area (Å²) in [6.45, 7) is 1.25. The number of rotatable bonds is 3. The van der Waals surface area contributed by atoms with E-state index >= 15 is 0 Å². The maximum atomic E-state index is 13.0. The van der Waals surface area contributed by atoms with E-state index in [1.54, 1.807) is 18.2 Å². The van der Waals surface area contributed by atoms with Gasteiger partial charge in [0.25, 0.3) is 0 Å². The molecule has 8 nitrogen and oxygen atoms in total. The molecule has 1 N–H and O–H groups in total. The summed E-state index contributed by atoms with van der Waals surface area (Å²) in [6, 6.07) is 4.91. The van der Waals surface area contributed by atoms with Crippen molar-refractivity contribution in [2.75, 3.05) is 13.2 Å². The molecule has 2 amide bonds. The second-order valence-corrected chi connectivity index (χ2v) is 8.40. The van der Waals surface area contributed by atoms with Gasteiger partial charge in [0.05, 0.1) is 31.2 Å². The minimum atomic E-state index is -1.06. The fourth-order valence-corrected chi connectivity index (χ4v) is 4.99. The van der Waals surface area contributed by atoms with Crippen molar-refractivity contribution >= 4 is 23.4 Å². The van der Waals surface area contributed by atoms with Gasteiger partial charge in [-0.1, -0.05) is 0 Å². The molecule has 8 heteroatoms. The minimum absolute atomic E-state index is 0.0142. The summed E-state index contributed by atoms with van der Waals surface area (Å²) in [4.78, 5) is 49.4. The van der Waals surface area contributed by atoms with Crippen LogP contribution in [0.5, 0.6) is 5.75 Å². The maximum Gasteiger partial charge on any atom is 0.230 e. The Morgan fingerprint density at radius 1 is 0.933 bits per heavy atom. The molecule has 3 fully saturated rings. The van der Waals surface area contributed by atoms with Gasteiger partial charge in [-0.25, -0.2) is 0 Å². The lowest BCUT2D eigenvalue weighted by Crippen LogP contribution is -2.46. The van der Waals surface area contributed by atoms with Gasteiger partial charge >= 0.3 is 0 Å². The van der Waals surface area contributed by atoms with Gasteiger partial charge in [0.1, 0.15) is 5.75 Å². The molecular weight excluding hydrogens is 390 g/mol. The number of ether oxygens (including phenoxy) is 3. The van der Waals surface area contributed by atoms with Crippen molar-refractivity contribution in [3.8, 4) is 5.75 Å². The van der Waals surface area contributed by atoms with E-state index in [0.29, 0.717) is 30.1 Å². The molecule has 2 heterocycles. The minimum Gasteiger partial charge on any atom is -0.490 e.